The number of rotatable bonds is 5. The molecule has 1 aromatic heterocycles. The molecule has 1 amide bonds. The van der Waals surface area contributed by atoms with Crippen LogP contribution in [-0.4, -0.2) is 23.5 Å². The van der Waals surface area contributed by atoms with E-state index < -0.39 is 0 Å². The number of hydrogen-bond donors (Lipinski definition) is 1. The summed E-state index contributed by atoms with van der Waals surface area (Å²) in [5, 5.41) is 3.82. The van der Waals surface area contributed by atoms with Gasteiger partial charge in [-0.25, -0.2) is 9.78 Å². The summed E-state index contributed by atoms with van der Waals surface area (Å²) in [6, 6.07) is 19.0. The highest BCUT2D eigenvalue weighted by molar-refractivity contribution is 6.15. The molecule has 0 aliphatic heterocycles. The number of aromatic nitrogens is 1. The fourth-order valence-corrected chi connectivity index (χ4v) is 4.20. The van der Waals surface area contributed by atoms with E-state index in [4.69, 9.17) is 9.72 Å². The lowest BCUT2D eigenvalue weighted by molar-refractivity contribution is 0.0526. The van der Waals surface area contributed by atoms with Crippen LogP contribution in [0.2, 0.25) is 0 Å². The number of pyridine rings is 1. The van der Waals surface area contributed by atoms with Crippen LogP contribution >= 0.6 is 0 Å². The maximum atomic E-state index is 13.6. The maximum Gasteiger partial charge on any atom is 0.338 e. The predicted molar refractivity (Wildman–Crippen MR) is 136 cm³/mol. The topological polar surface area (TPSA) is 68.3 Å². The lowest BCUT2D eigenvalue weighted by Gasteiger charge is -2.17. The Morgan fingerprint density at radius 3 is 2.21 bits per heavy atom. The smallest absolute Gasteiger partial charge is 0.338 e. The molecule has 1 heterocycles. The van der Waals surface area contributed by atoms with Crippen molar-refractivity contribution >= 4 is 28.5 Å². The summed E-state index contributed by atoms with van der Waals surface area (Å²) < 4.78 is 5.03. The van der Waals surface area contributed by atoms with Gasteiger partial charge in [-0.05, 0) is 76.1 Å². The Labute approximate surface area is 199 Å². The van der Waals surface area contributed by atoms with E-state index in [0.717, 1.165) is 38.9 Å². The largest absolute Gasteiger partial charge is 0.462 e. The summed E-state index contributed by atoms with van der Waals surface area (Å²) in [5.41, 5.74) is 8.30. The van der Waals surface area contributed by atoms with Crippen molar-refractivity contribution in [2.45, 2.75) is 34.6 Å². The third-order valence-electron chi connectivity index (χ3n) is 5.87. The van der Waals surface area contributed by atoms with Crippen LogP contribution in [0.1, 0.15) is 49.9 Å². The molecule has 1 N–H and O–H groups in total. The summed E-state index contributed by atoms with van der Waals surface area (Å²) in [6.07, 6.45) is 0. The number of anilines is 1. The van der Waals surface area contributed by atoms with Crippen LogP contribution in [0.25, 0.3) is 22.2 Å². The minimum Gasteiger partial charge on any atom is -0.462 e. The van der Waals surface area contributed by atoms with Crippen LogP contribution in [0.5, 0.6) is 0 Å². The number of esters is 1. The first-order chi connectivity index (χ1) is 16.3. The molecule has 0 aliphatic carbocycles. The van der Waals surface area contributed by atoms with Crippen LogP contribution in [0, 0.1) is 27.7 Å². The molecule has 34 heavy (non-hydrogen) atoms. The van der Waals surface area contributed by atoms with Gasteiger partial charge < -0.3 is 10.1 Å². The van der Waals surface area contributed by atoms with Gasteiger partial charge in [0.25, 0.3) is 5.91 Å². The van der Waals surface area contributed by atoms with Crippen molar-refractivity contribution in [3.8, 4) is 11.3 Å². The normalized spacial score (nSPS) is 10.9. The first kappa shape index (κ1) is 23.2. The first-order valence-electron chi connectivity index (χ1n) is 11.4. The number of benzene rings is 3. The Morgan fingerprint density at radius 1 is 0.882 bits per heavy atom. The van der Waals surface area contributed by atoms with Gasteiger partial charge >= 0.3 is 5.97 Å². The average Bonchev–Trinajstić information content (AvgIpc) is 2.80. The number of nitrogens with one attached hydrogen (secondary N) is 1. The van der Waals surface area contributed by atoms with Crippen molar-refractivity contribution in [1.29, 1.82) is 0 Å². The number of carbonyl (C=O) groups is 2. The Balaban J connectivity index is 1.80. The van der Waals surface area contributed by atoms with Crippen LogP contribution in [0.15, 0.2) is 60.7 Å². The average molecular weight is 453 g/mol. The second-order valence-electron chi connectivity index (χ2n) is 8.56. The summed E-state index contributed by atoms with van der Waals surface area (Å²) in [4.78, 5) is 30.5. The molecule has 0 radical (unpaired) electrons. The lowest BCUT2D eigenvalue weighted by Crippen LogP contribution is -2.16. The predicted octanol–water partition coefficient (Wildman–Crippen LogP) is 6.56. The molecule has 3 aromatic carbocycles. The number of fused-ring (bicyclic) bond motifs is 1. The number of aryl methyl sites for hydroxylation is 3. The molecule has 5 heteroatoms. The monoisotopic (exact) mass is 452 g/mol. The van der Waals surface area contributed by atoms with Crippen LogP contribution in [-0.2, 0) is 4.74 Å². The number of carbonyl (C=O) groups excluding carboxylic acids is 2. The van der Waals surface area contributed by atoms with E-state index in [1.807, 2.05) is 58.0 Å². The molecule has 0 bridgehead atoms. The van der Waals surface area contributed by atoms with E-state index in [1.54, 1.807) is 31.2 Å². The zero-order chi connectivity index (χ0) is 24.4. The zero-order valence-electron chi connectivity index (χ0n) is 20.2. The molecule has 0 spiro atoms. The third kappa shape index (κ3) is 4.55. The molecule has 0 unspecified atom stereocenters. The second-order valence-corrected chi connectivity index (χ2v) is 8.56. The fourth-order valence-electron chi connectivity index (χ4n) is 4.20. The van der Waals surface area contributed by atoms with Crippen LogP contribution in [0.4, 0.5) is 5.69 Å². The van der Waals surface area contributed by atoms with E-state index in [9.17, 15) is 9.59 Å². The minimum absolute atomic E-state index is 0.216. The van der Waals surface area contributed by atoms with E-state index >= 15 is 0 Å². The van der Waals surface area contributed by atoms with Gasteiger partial charge in [-0.3, -0.25) is 4.79 Å². The lowest BCUT2D eigenvalue weighted by atomic mass is 9.94. The van der Waals surface area contributed by atoms with E-state index in [2.05, 4.69) is 11.4 Å². The summed E-state index contributed by atoms with van der Waals surface area (Å²) in [6.45, 7) is 10.1. The van der Waals surface area contributed by atoms with Gasteiger partial charge in [0.1, 0.15) is 0 Å². The van der Waals surface area contributed by atoms with E-state index in [0.29, 0.717) is 23.4 Å². The summed E-state index contributed by atoms with van der Waals surface area (Å²) >= 11 is 0. The highest BCUT2D eigenvalue weighted by atomic mass is 16.5. The van der Waals surface area contributed by atoms with E-state index in [-0.39, 0.29) is 11.9 Å². The molecule has 4 aromatic rings. The van der Waals surface area contributed by atoms with Crippen molar-refractivity contribution in [3.05, 3.63) is 94.0 Å². The molecule has 0 fully saturated rings. The Hall–Kier alpha value is -3.99. The van der Waals surface area contributed by atoms with Gasteiger partial charge in [0, 0.05) is 16.6 Å². The minimum atomic E-state index is -0.384. The van der Waals surface area contributed by atoms with Gasteiger partial charge in [-0.1, -0.05) is 41.5 Å². The maximum absolute atomic E-state index is 13.6. The highest BCUT2D eigenvalue weighted by Gasteiger charge is 2.20. The molecule has 172 valence electrons. The standard InChI is InChI=1S/C29H28N2O3/c1-6-34-29(33)22-11-13-23(14-12-22)30-28(32)25-20(5)27(21-9-7-17(2)8-10-21)31-26-19(4)15-18(3)16-24(25)26/h7-16H,6H2,1-5H3,(H,30,32). The molecule has 0 saturated heterocycles. The Bertz CT molecular complexity index is 1390. The summed E-state index contributed by atoms with van der Waals surface area (Å²) in [7, 11) is 0. The van der Waals surface area contributed by atoms with Gasteiger partial charge in [-0.15, -0.1) is 0 Å². The molecular weight excluding hydrogens is 424 g/mol. The highest BCUT2D eigenvalue weighted by Crippen LogP contribution is 2.32. The first-order valence-corrected chi connectivity index (χ1v) is 11.4. The number of nitrogens with zero attached hydrogens (tertiary/aromatic N) is 1. The molecule has 5 nitrogen and oxygen atoms in total. The fraction of sp³-hybridized carbons (Fsp3) is 0.207. The van der Waals surface area contributed by atoms with E-state index in [1.165, 1.54) is 5.56 Å². The Morgan fingerprint density at radius 2 is 1.56 bits per heavy atom. The SMILES string of the molecule is CCOC(=O)c1ccc(NC(=O)c2c(C)c(-c3ccc(C)cc3)nc3c(C)cc(C)cc23)cc1. The van der Waals surface area contributed by atoms with Gasteiger partial charge in [0.2, 0.25) is 0 Å². The van der Waals surface area contributed by atoms with Crippen molar-refractivity contribution in [1.82, 2.24) is 4.98 Å². The van der Waals surface area contributed by atoms with Gasteiger partial charge in [0.15, 0.2) is 0 Å². The zero-order valence-corrected chi connectivity index (χ0v) is 20.2. The van der Waals surface area contributed by atoms with Crippen molar-refractivity contribution in [2.24, 2.45) is 0 Å². The molecule has 4 rings (SSSR count). The van der Waals surface area contributed by atoms with Crippen molar-refractivity contribution in [3.63, 3.8) is 0 Å². The summed E-state index contributed by atoms with van der Waals surface area (Å²) in [5.74, 6) is -0.600. The number of hydrogen-bond acceptors (Lipinski definition) is 4. The van der Waals surface area contributed by atoms with Crippen LogP contribution < -0.4 is 5.32 Å². The number of amides is 1. The van der Waals surface area contributed by atoms with Crippen molar-refractivity contribution in [2.75, 3.05) is 11.9 Å². The second kappa shape index (κ2) is 9.48. The number of ether oxygens (including phenoxy) is 1. The third-order valence-corrected chi connectivity index (χ3v) is 5.87. The Kier molecular flexibility index (Phi) is 6.46. The quantitative estimate of drug-likeness (QED) is 0.348. The molecular formula is C29H28N2O3. The van der Waals surface area contributed by atoms with Gasteiger partial charge in [0.05, 0.1) is 28.9 Å². The molecule has 0 saturated carbocycles. The molecule has 0 aliphatic rings. The van der Waals surface area contributed by atoms with Crippen LogP contribution in [0.3, 0.4) is 0 Å². The van der Waals surface area contributed by atoms with Gasteiger partial charge in [-0.2, -0.15) is 0 Å². The van der Waals surface area contributed by atoms with Crippen molar-refractivity contribution < 1.29 is 14.3 Å². The molecule has 0 atom stereocenters.